The first-order chi connectivity index (χ1) is 16.0. The summed E-state index contributed by atoms with van der Waals surface area (Å²) in [5.74, 6) is 5.71. The Kier molecular flexibility index (Phi) is 8.05. The summed E-state index contributed by atoms with van der Waals surface area (Å²) < 4.78 is 55.9. The first-order valence-electron chi connectivity index (χ1n) is 10.2. The zero-order valence-electron chi connectivity index (χ0n) is 18.5. The number of sulfonamides is 2. The van der Waals surface area contributed by atoms with Gasteiger partial charge in [0.2, 0.25) is 20.0 Å². The standard InChI is InChI=1S/C23H26N4O5S2/c1-33(28,29)27-20(14-17-5-4-6-18(13-17)15-26-24)16-32-21-11-9-19(10-12-21)22-7-2-3-8-23(22)34(25,30)31/h2-13,15,20,27H,14,16,24H2,1H3,(H2,25,30,31). The van der Waals surface area contributed by atoms with E-state index in [9.17, 15) is 16.8 Å². The molecular weight excluding hydrogens is 476 g/mol. The number of hydrogen-bond acceptors (Lipinski definition) is 7. The molecule has 0 heterocycles. The Morgan fingerprint density at radius 3 is 2.35 bits per heavy atom. The lowest BCUT2D eigenvalue weighted by molar-refractivity contribution is 0.278. The molecule has 0 bridgehead atoms. The van der Waals surface area contributed by atoms with Crippen LogP contribution in [0.5, 0.6) is 5.75 Å². The molecule has 34 heavy (non-hydrogen) atoms. The lowest BCUT2D eigenvalue weighted by Crippen LogP contribution is -2.40. The number of primary sulfonamides is 1. The van der Waals surface area contributed by atoms with Crippen LogP contribution in [0.1, 0.15) is 11.1 Å². The lowest BCUT2D eigenvalue weighted by atomic mass is 10.0. The highest BCUT2D eigenvalue weighted by Crippen LogP contribution is 2.28. The van der Waals surface area contributed by atoms with Crippen molar-refractivity contribution in [3.63, 3.8) is 0 Å². The van der Waals surface area contributed by atoms with Gasteiger partial charge in [-0.2, -0.15) is 5.10 Å². The van der Waals surface area contributed by atoms with E-state index in [1.54, 1.807) is 42.5 Å². The minimum absolute atomic E-state index is 0.0306. The van der Waals surface area contributed by atoms with Crippen molar-refractivity contribution < 1.29 is 21.6 Å². The third-order valence-corrected chi connectivity index (χ3v) is 6.58. The highest BCUT2D eigenvalue weighted by atomic mass is 32.2. The highest BCUT2D eigenvalue weighted by molar-refractivity contribution is 7.89. The third-order valence-electron chi connectivity index (χ3n) is 4.85. The van der Waals surface area contributed by atoms with E-state index in [1.807, 2.05) is 24.3 Å². The van der Waals surface area contributed by atoms with Crippen molar-refractivity contribution in [1.29, 1.82) is 0 Å². The Labute approximate surface area is 199 Å². The van der Waals surface area contributed by atoms with E-state index >= 15 is 0 Å². The summed E-state index contributed by atoms with van der Waals surface area (Å²) in [6.45, 7) is 0.0788. The number of nitrogens with zero attached hydrogens (tertiary/aromatic N) is 1. The van der Waals surface area contributed by atoms with E-state index in [1.165, 1.54) is 12.3 Å². The Bertz CT molecular complexity index is 1370. The fourth-order valence-electron chi connectivity index (χ4n) is 3.49. The van der Waals surface area contributed by atoms with E-state index < -0.39 is 26.1 Å². The van der Waals surface area contributed by atoms with Crippen LogP contribution in [0.2, 0.25) is 0 Å². The summed E-state index contributed by atoms with van der Waals surface area (Å²) in [5.41, 5.74) is 2.82. The maximum Gasteiger partial charge on any atom is 0.238 e. The molecule has 0 aliphatic carbocycles. The van der Waals surface area contributed by atoms with Gasteiger partial charge in [0.15, 0.2) is 0 Å². The second-order valence-electron chi connectivity index (χ2n) is 7.69. The molecule has 0 aliphatic rings. The molecule has 3 aromatic rings. The van der Waals surface area contributed by atoms with Crippen molar-refractivity contribution in [2.45, 2.75) is 17.4 Å². The van der Waals surface area contributed by atoms with Crippen LogP contribution >= 0.6 is 0 Å². The fourth-order valence-corrected chi connectivity index (χ4v) is 5.01. The topological polar surface area (TPSA) is 154 Å². The quantitative estimate of drug-likeness (QED) is 0.218. The lowest BCUT2D eigenvalue weighted by Gasteiger charge is -2.19. The van der Waals surface area contributed by atoms with Gasteiger partial charge in [-0.15, -0.1) is 0 Å². The average molecular weight is 503 g/mol. The molecule has 180 valence electrons. The molecule has 0 spiro atoms. The van der Waals surface area contributed by atoms with E-state index in [4.69, 9.17) is 15.7 Å². The van der Waals surface area contributed by atoms with Crippen LogP contribution in [0.25, 0.3) is 11.1 Å². The van der Waals surface area contributed by atoms with Crippen molar-refractivity contribution in [3.05, 3.63) is 83.9 Å². The predicted molar refractivity (Wildman–Crippen MR) is 132 cm³/mol. The third kappa shape index (κ3) is 7.39. The first kappa shape index (κ1) is 25.4. The summed E-state index contributed by atoms with van der Waals surface area (Å²) in [7, 11) is -7.35. The van der Waals surface area contributed by atoms with Crippen molar-refractivity contribution in [1.82, 2.24) is 4.72 Å². The molecule has 3 rings (SSSR count). The van der Waals surface area contributed by atoms with Crippen LogP contribution in [0, 0.1) is 0 Å². The van der Waals surface area contributed by atoms with Gasteiger partial charge in [-0.25, -0.2) is 26.7 Å². The van der Waals surface area contributed by atoms with Crippen LogP contribution in [-0.4, -0.2) is 42.0 Å². The maximum absolute atomic E-state index is 11.9. The van der Waals surface area contributed by atoms with Gasteiger partial charge >= 0.3 is 0 Å². The molecular formula is C23H26N4O5S2. The SMILES string of the molecule is CS(=O)(=O)NC(COc1ccc(-c2ccccc2S(N)(=O)=O)cc1)Cc1cccc(C=NN)c1. The summed E-state index contributed by atoms with van der Waals surface area (Å²) in [6.07, 6.45) is 2.99. The summed E-state index contributed by atoms with van der Waals surface area (Å²) >= 11 is 0. The smallest absolute Gasteiger partial charge is 0.238 e. The van der Waals surface area contributed by atoms with Crippen LogP contribution in [0.15, 0.2) is 82.8 Å². The normalized spacial score (nSPS) is 13.1. The largest absolute Gasteiger partial charge is 0.492 e. The zero-order chi connectivity index (χ0) is 24.8. The van der Waals surface area contributed by atoms with Crippen molar-refractivity contribution >= 4 is 26.3 Å². The number of ether oxygens (including phenoxy) is 1. The second kappa shape index (κ2) is 10.8. The molecule has 11 heteroatoms. The Balaban J connectivity index is 1.75. The molecule has 1 unspecified atom stereocenters. The van der Waals surface area contributed by atoms with Gasteiger partial charge in [-0.05, 0) is 41.3 Å². The summed E-state index contributed by atoms with van der Waals surface area (Å²) in [6, 6.07) is 20.1. The molecule has 0 aromatic heterocycles. The van der Waals surface area contributed by atoms with Gasteiger partial charge < -0.3 is 10.6 Å². The molecule has 3 aromatic carbocycles. The van der Waals surface area contributed by atoms with Crippen molar-refractivity contribution in [3.8, 4) is 16.9 Å². The first-order valence-corrected chi connectivity index (χ1v) is 13.6. The molecule has 0 aliphatic heterocycles. The minimum Gasteiger partial charge on any atom is -0.492 e. The number of hydrogen-bond donors (Lipinski definition) is 3. The Hall–Kier alpha value is -3.25. The minimum atomic E-state index is -3.88. The van der Waals surface area contributed by atoms with Gasteiger partial charge in [0.1, 0.15) is 12.4 Å². The zero-order valence-corrected chi connectivity index (χ0v) is 20.1. The van der Waals surface area contributed by atoms with Gasteiger partial charge in [-0.1, -0.05) is 54.6 Å². The number of hydrazone groups is 1. The van der Waals surface area contributed by atoms with Gasteiger partial charge in [0.25, 0.3) is 0 Å². The number of nitrogens with two attached hydrogens (primary N) is 2. The Morgan fingerprint density at radius 2 is 1.71 bits per heavy atom. The van der Waals surface area contributed by atoms with E-state index in [-0.39, 0.29) is 11.5 Å². The number of nitrogens with one attached hydrogen (secondary N) is 1. The monoisotopic (exact) mass is 502 g/mol. The molecule has 1 atom stereocenters. The van der Waals surface area contributed by atoms with Gasteiger partial charge in [0, 0.05) is 5.56 Å². The second-order valence-corrected chi connectivity index (χ2v) is 11.0. The fraction of sp³-hybridized carbons (Fsp3) is 0.174. The van der Waals surface area contributed by atoms with Gasteiger partial charge in [-0.3, -0.25) is 0 Å². The molecule has 5 N–H and O–H groups in total. The highest BCUT2D eigenvalue weighted by Gasteiger charge is 2.17. The number of rotatable bonds is 10. The van der Waals surface area contributed by atoms with Crippen LogP contribution in [0.3, 0.4) is 0 Å². The Morgan fingerprint density at radius 1 is 1.00 bits per heavy atom. The van der Waals surface area contributed by atoms with Crippen molar-refractivity contribution in [2.75, 3.05) is 12.9 Å². The van der Waals surface area contributed by atoms with Gasteiger partial charge in [0.05, 0.1) is 23.4 Å². The molecule has 0 amide bonds. The molecule has 9 nitrogen and oxygen atoms in total. The van der Waals surface area contributed by atoms with E-state index in [0.29, 0.717) is 23.3 Å². The summed E-state index contributed by atoms with van der Waals surface area (Å²) in [5, 5.41) is 8.83. The molecule has 0 fully saturated rings. The number of benzene rings is 3. The van der Waals surface area contributed by atoms with E-state index in [2.05, 4.69) is 9.82 Å². The van der Waals surface area contributed by atoms with Crippen LogP contribution < -0.4 is 20.4 Å². The average Bonchev–Trinajstić information content (AvgIpc) is 2.77. The predicted octanol–water partition coefficient (Wildman–Crippen LogP) is 1.83. The molecule has 0 saturated carbocycles. The van der Waals surface area contributed by atoms with Crippen molar-refractivity contribution in [2.24, 2.45) is 16.1 Å². The molecule has 0 radical (unpaired) electrons. The van der Waals surface area contributed by atoms with Crippen LogP contribution in [0.4, 0.5) is 0 Å². The maximum atomic E-state index is 11.9. The van der Waals surface area contributed by atoms with E-state index in [0.717, 1.165) is 17.4 Å². The molecule has 0 saturated heterocycles. The summed E-state index contributed by atoms with van der Waals surface area (Å²) in [4.78, 5) is 0.0306. The van der Waals surface area contributed by atoms with Crippen LogP contribution in [-0.2, 0) is 26.5 Å².